The summed E-state index contributed by atoms with van der Waals surface area (Å²) in [7, 11) is 0. The zero-order valence-electron chi connectivity index (χ0n) is 11.4. The monoisotopic (exact) mass is 275 g/mol. The van der Waals surface area contributed by atoms with Crippen LogP contribution >= 0.6 is 0 Å². The van der Waals surface area contributed by atoms with Crippen LogP contribution in [0.25, 0.3) is 0 Å². The van der Waals surface area contributed by atoms with Crippen molar-refractivity contribution in [3.05, 3.63) is 29.8 Å². The van der Waals surface area contributed by atoms with E-state index < -0.39 is 18.6 Å². The molecule has 1 N–H and O–H groups in total. The van der Waals surface area contributed by atoms with Crippen molar-refractivity contribution in [3.8, 4) is 5.75 Å². The second-order valence-corrected chi connectivity index (χ2v) is 4.92. The fourth-order valence-corrected chi connectivity index (χ4v) is 1.71. The second-order valence-electron chi connectivity index (χ2n) is 4.92. The molecule has 0 amide bonds. The summed E-state index contributed by atoms with van der Waals surface area (Å²) in [5.41, 5.74) is 0.909. The molecular formula is C14H20F3NO. The van der Waals surface area contributed by atoms with Crippen LogP contribution in [-0.4, -0.2) is 18.3 Å². The first-order valence-corrected chi connectivity index (χ1v) is 6.32. The molecule has 0 fully saturated rings. The molecular weight excluding hydrogens is 255 g/mol. The summed E-state index contributed by atoms with van der Waals surface area (Å²) in [5.74, 6) is 0.734. The fraction of sp³-hybridized carbons (Fsp3) is 0.571. The Bertz CT molecular complexity index is 391. The van der Waals surface area contributed by atoms with Crippen molar-refractivity contribution in [2.24, 2.45) is 0 Å². The van der Waals surface area contributed by atoms with Gasteiger partial charge in [-0.3, -0.25) is 0 Å². The molecule has 108 valence electrons. The van der Waals surface area contributed by atoms with Crippen molar-refractivity contribution in [3.63, 3.8) is 0 Å². The van der Waals surface area contributed by atoms with Crippen LogP contribution in [0.4, 0.5) is 13.2 Å². The molecule has 0 spiro atoms. The Morgan fingerprint density at radius 3 is 2.47 bits per heavy atom. The van der Waals surface area contributed by atoms with Gasteiger partial charge in [-0.2, -0.15) is 13.2 Å². The van der Waals surface area contributed by atoms with E-state index in [-0.39, 0.29) is 6.10 Å². The lowest BCUT2D eigenvalue weighted by Gasteiger charge is -2.16. The minimum absolute atomic E-state index is 0.0763. The van der Waals surface area contributed by atoms with Crippen LogP contribution in [0.15, 0.2) is 24.3 Å². The maximum Gasteiger partial charge on any atom is 0.390 e. The summed E-state index contributed by atoms with van der Waals surface area (Å²) >= 11 is 0. The Morgan fingerprint density at radius 2 is 1.89 bits per heavy atom. The Hall–Kier alpha value is -1.23. The maximum atomic E-state index is 12.2. The van der Waals surface area contributed by atoms with E-state index >= 15 is 0 Å². The molecule has 0 aliphatic rings. The molecule has 0 heterocycles. The largest absolute Gasteiger partial charge is 0.491 e. The summed E-state index contributed by atoms with van der Waals surface area (Å²) < 4.78 is 42.1. The first kappa shape index (κ1) is 15.8. The van der Waals surface area contributed by atoms with Gasteiger partial charge in [0.25, 0.3) is 0 Å². The van der Waals surface area contributed by atoms with Gasteiger partial charge in [-0.1, -0.05) is 12.1 Å². The van der Waals surface area contributed by atoms with Gasteiger partial charge in [-0.05, 0) is 38.5 Å². The standard InChI is InChI=1S/C14H20F3NO/c1-10(2)19-13-6-4-5-12(7-13)9-18-11(3)8-14(15,16)17/h4-7,10-11,18H,8-9H2,1-3H3. The first-order chi connectivity index (χ1) is 8.76. The van der Waals surface area contributed by atoms with Crippen molar-refractivity contribution in [1.82, 2.24) is 5.32 Å². The van der Waals surface area contributed by atoms with Crippen molar-refractivity contribution >= 4 is 0 Å². The Balaban J connectivity index is 2.49. The fourth-order valence-electron chi connectivity index (χ4n) is 1.71. The molecule has 1 atom stereocenters. The second kappa shape index (κ2) is 6.80. The van der Waals surface area contributed by atoms with Crippen LogP contribution in [0.1, 0.15) is 32.8 Å². The number of rotatable bonds is 6. The lowest BCUT2D eigenvalue weighted by atomic mass is 10.2. The lowest BCUT2D eigenvalue weighted by molar-refractivity contribution is -0.139. The minimum atomic E-state index is -4.13. The molecule has 1 aromatic carbocycles. The van der Waals surface area contributed by atoms with Gasteiger partial charge in [-0.15, -0.1) is 0 Å². The number of nitrogens with one attached hydrogen (secondary N) is 1. The third-order valence-corrected chi connectivity index (χ3v) is 2.46. The van der Waals surface area contributed by atoms with Gasteiger partial charge in [0.15, 0.2) is 0 Å². The van der Waals surface area contributed by atoms with E-state index in [0.717, 1.165) is 11.3 Å². The highest BCUT2D eigenvalue weighted by molar-refractivity contribution is 5.28. The predicted molar refractivity (Wildman–Crippen MR) is 69.2 cm³/mol. The molecule has 0 bridgehead atoms. The van der Waals surface area contributed by atoms with E-state index in [4.69, 9.17) is 4.74 Å². The Labute approximate surface area is 112 Å². The zero-order valence-corrected chi connectivity index (χ0v) is 11.4. The number of hydrogen-bond donors (Lipinski definition) is 1. The third-order valence-electron chi connectivity index (χ3n) is 2.46. The normalized spacial score (nSPS) is 13.6. The Morgan fingerprint density at radius 1 is 1.21 bits per heavy atom. The van der Waals surface area contributed by atoms with Crippen LogP contribution in [-0.2, 0) is 6.54 Å². The molecule has 1 aromatic rings. The number of halogens is 3. The lowest BCUT2D eigenvalue weighted by Crippen LogP contribution is -2.30. The SMILES string of the molecule is CC(CC(F)(F)F)NCc1cccc(OC(C)C)c1. The molecule has 0 aromatic heterocycles. The van der Waals surface area contributed by atoms with Gasteiger partial charge in [0.2, 0.25) is 0 Å². The van der Waals surface area contributed by atoms with Crippen molar-refractivity contribution in [2.45, 2.75) is 52.1 Å². The first-order valence-electron chi connectivity index (χ1n) is 6.32. The number of hydrogen-bond acceptors (Lipinski definition) is 2. The topological polar surface area (TPSA) is 21.3 Å². The van der Waals surface area contributed by atoms with Gasteiger partial charge >= 0.3 is 6.18 Å². The number of ether oxygens (including phenoxy) is 1. The average molecular weight is 275 g/mol. The highest BCUT2D eigenvalue weighted by Crippen LogP contribution is 2.21. The van der Waals surface area contributed by atoms with E-state index in [9.17, 15) is 13.2 Å². The quantitative estimate of drug-likeness (QED) is 0.850. The number of alkyl halides is 3. The molecule has 2 nitrogen and oxygen atoms in total. The van der Waals surface area contributed by atoms with Crippen LogP contribution in [0.2, 0.25) is 0 Å². The average Bonchev–Trinajstić information content (AvgIpc) is 2.23. The summed E-state index contributed by atoms with van der Waals surface area (Å²) in [6.45, 7) is 5.78. The van der Waals surface area contributed by atoms with E-state index in [1.165, 1.54) is 6.92 Å². The molecule has 19 heavy (non-hydrogen) atoms. The summed E-state index contributed by atoms with van der Waals surface area (Å²) in [4.78, 5) is 0. The molecule has 0 aliphatic carbocycles. The van der Waals surface area contributed by atoms with Crippen LogP contribution in [0, 0.1) is 0 Å². The summed E-state index contributed by atoms with van der Waals surface area (Å²) in [5, 5.41) is 2.86. The summed E-state index contributed by atoms with van der Waals surface area (Å²) in [6.07, 6.45) is -4.88. The van der Waals surface area contributed by atoms with Gasteiger partial charge in [0, 0.05) is 12.6 Å². The molecule has 0 radical (unpaired) electrons. The van der Waals surface area contributed by atoms with Crippen LogP contribution < -0.4 is 10.1 Å². The molecule has 0 saturated heterocycles. The minimum Gasteiger partial charge on any atom is -0.491 e. The van der Waals surface area contributed by atoms with Crippen LogP contribution in [0.3, 0.4) is 0 Å². The molecule has 1 rings (SSSR count). The predicted octanol–water partition coefficient (Wildman–Crippen LogP) is 3.90. The van der Waals surface area contributed by atoms with Crippen LogP contribution in [0.5, 0.6) is 5.75 Å². The van der Waals surface area contributed by atoms with Crippen molar-refractivity contribution < 1.29 is 17.9 Å². The molecule has 0 aliphatic heterocycles. The highest BCUT2D eigenvalue weighted by Gasteiger charge is 2.29. The van der Waals surface area contributed by atoms with Crippen molar-refractivity contribution in [1.29, 1.82) is 0 Å². The number of benzene rings is 1. The van der Waals surface area contributed by atoms with E-state index in [0.29, 0.717) is 6.54 Å². The van der Waals surface area contributed by atoms with Gasteiger partial charge in [-0.25, -0.2) is 0 Å². The molecule has 5 heteroatoms. The highest BCUT2D eigenvalue weighted by atomic mass is 19.4. The van der Waals surface area contributed by atoms with Crippen molar-refractivity contribution in [2.75, 3.05) is 0 Å². The maximum absolute atomic E-state index is 12.2. The van der Waals surface area contributed by atoms with E-state index in [1.807, 2.05) is 38.1 Å². The van der Waals surface area contributed by atoms with Gasteiger partial charge < -0.3 is 10.1 Å². The molecule has 1 unspecified atom stereocenters. The third kappa shape index (κ3) is 7.06. The zero-order chi connectivity index (χ0) is 14.5. The Kier molecular flexibility index (Phi) is 5.66. The van der Waals surface area contributed by atoms with E-state index in [2.05, 4.69) is 5.32 Å². The van der Waals surface area contributed by atoms with E-state index in [1.54, 1.807) is 0 Å². The van der Waals surface area contributed by atoms with Gasteiger partial charge in [0.05, 0.1) is 12.5 Å². The smallest absolute Gasteiger partial charge is 0.390 e. The molecule has 0 saturated carbocycles. The van der Waals surface area contributed by atoms with Gasteiger partial charge in [0.1, 0.15) is 5.75 Å². The summed E-state index contributed by atoms with van der Waals surface area (Å²) in [6, 6.07) is 6.77.